The standard InChI is InChI=1S/C26H30BFN2O5/c1-26(33)8-11-30(12-9-26)10-2-3-16-13-18(28)4-6-21(16)27(34)29-22-7-5-19-20-14-17(20)15-35-24(19)23(22)25(31)32/h2-7,13,17,20,29,33-34H,8-12,14-15H2,1H3,(H,31,32)/b3-2-/t17-,20-/m0/s1. The van der Waals surface area contributed by atoms with Crippen molar-refractivity contribution in [2.75, 3.05) is 31.5 Å². The summed E-state index contributed by atoms with van der Waals surface area (Å²) in [6.07, 6.45) is 6.08. The van der Waals surface area contributed by atoms with Gasteiger partial charge in [-0.05, 0) is 66.9 Å². The number of ether oxygens (including phenoxy) is 1. The first-order valence-corrected chi connectivity index (χ1v) is 12.1. The molecule has 7 nitrogen and oxygen atoms in total. The van der Waals surface area contributed by atoms with Crippen molar-refractivity contribution in [3.63, 3.8) is 0 Å². The Morgan fingerprint density at radius 2 is 2.09 bits per heavy atom. The number of piperidine rings is 1. The van der Waals surface area contributed by atoms with E-state index in [1.807, 2.05) is 19.1 Å². The zero-order valence-electron chi connectivity index (χ0n) is 19.7. The van der Waals surface area contributed by atoms with Gasteiger partial charge in [-0.3, -0.25) is 4.90 Å². The third-order valence-electron chi connectivity index (χ3n) is 7.40. The molecule has 2 aromatic rings. The second kappa shape index (κ2) is 9.30. The lowest BCUT2D eigenvalue weighted by Gasteiger charge is -2.35. The number of hydrogen-bond donors (Lipinski definition) is 4. The van der Waals surface area contributed by atoms with Crippen LogP contribution in [0, 0.1) is 11.7 Å². The Morgan fingerprint density at radius 1 is 1.31 bits per heavy atom. The average Bonchev–Trinajstić information content (AvgIpc) is 3.60. The maximum absolute atomic E-state index is 14.0. The number of rotatable bonds is 7. The molecule has 0 aromatic heterocycles. The highest BCUT2D eigenvalue weighted by Crippen LogP contribution is 2.55. The lowest BCUT2D eigenvalue weighted by atomic mass is 9.71. The quantitative estimate of drug-likeness (QED) is 0.452. The van der Waals surface area contributed by atoms with E-state index in [9.17, 15) is 24.4 Å². The minimum Gasteiger partial charge on any atom is -0.492 e. The van der Waals surface area contributed by atoms with E-state index >= 15 is 0 Å². The second-order valence-electron chi connectivity index (χ2n) is 10.1. The molecule has 0 unspecified atom stereocenters. The van der Waals surface area contributed by atoms with Gasteiger partial charge in [0.15, 0.2) is 0 Å². The molecular weight excluding hydrogens is 450 g/mol. The number of likely N-dealkylation sites (tertiary alicyclic amines) is 1. The summed E-state index contributed by atoms with van der Waals surface area (Å²) in [6, 6.07) is 7.64. The maximum Gasteiger partial charge on any atom is 0.447 e. The first kappa shape index (κ1) is 23.8. The number of carbonyl (C=O) groups is 1. The van der Waals surface area contributed by atoms with Crippen LogP contribution in [0.3, 0.4) is 0 Å². The minimum atomic E-state index is -1.26. The Hall–Kier alpha value is -2.88. The molecule has 2 fully saturated rings. The summed E-state index contributed by atoms with van der Waals surface area (Å²) in [5.41, 5.74) is 1.48. The van der Waals surface area contributed by atoms with Crippen LogP contribution in [0.1, 0.15) is 53.6 Å². The van der Waals surface area contributed by atoms with Gasteiger partial charge in [0.05, 0.1) is 12.2 Å². The molecule has 0 bridgehead atoms. The molecule has 3 aliphatic rings. The van der Waals surface area contributed by atoms with Gasteiger partial charge in [0.1, 0.15) is 17.1 Å². The van der Waals surface area contributed by atoms with Gasteiger partial charge in [-0.15, -0.1) is 0 Å². The first-order chi connectivity index (χ1) is 16.7. The average molecular weight is 480 g/mol. The molecule has 0 spiro atoms. The van der Waals surface area contributed by atoms with Crippen molar-refractivity contribution in [3.05, 3.63) is 58.9 Å². The third-order valence-corrected chi connectivity index (χ3v) is 7.40. The van der Waals surface area contributed by atoms with E-state index in [2.05, 4.69) is 10.1 Å². The molecule has 2 heterocycles. The Balaban J connectivity index is 1.34. The van der Waals surface area contributed by atoms with Crippen molar-refractivity contribution < 1.29 is 29.2 Å². The number of benzene rings is 2. The van der Waals surface area contributed by atoms with Crippen molar-refractivity contribution in [3.8, 4) is 5.75 Å². The fraction of sp³-hybridized carbons (Fsp3) is 0.423. The zero-order chi connectivity index (χ0) is 24.7. The zero-order valence-corrected chi connectivity index (χ0v) is 19.7. The highest BCUT2D eigenvalue weighted by atomic mass is 19.1. The van der Waals surface area contributed by atoms with Gasteiger partial charge in [-0.1, -0.05) is 24.3 Å². The van der Waals surface area contributed by atoms with Crippen molar-refractivity contribution in [1.82, 2.24) is 4.90 Å². The van der Waals surface area contributed by atoms with Gasteiger partial charge in [0, 0.05) is 31.2 Å². The van der Waals surface area contributed by atoms with Crippen LogP contribution in [0.2, 0.25) is 0 Å². The molecular formula is C26H30BFN2O5. The van der Waals surface area contributed by atoms with E-state index in [-0.39, 0.29) is 11.3 Å². The lowest BCUT2D eigenvalue weighted by Crippen LogP contribution is -2.42. The number of fused-ring (bicyclic) bond motifs is 3. The van der Waals surface area contributed by atoms with Crippen LogP contribution in [0.4, 0.5) is 10.1 Å². The number of carboxylic acids is 1. The Bertz CT molecular complexity index is 1160. The number of halogens is 1. The monoisotopic (exact) mass is 480 g/mol. The van der Waals surface area contributed by atoms with E-state index in [1.165, 1.54) is 18.2 Å². The predicted molar refractivity (Wildman–Crippen MR) is 133 cm³/mol. The van der Waals surface area contributed by atoms with Crippen molar-refractivity contribution in [2.45, 2.75) is 37.7 Å². The fourth-order valence-electron chi connectivity index (χ4n) is 5.09. The Morgan fingerprint density at radius 3 is 2.83 bits per heavy atom. The van der Waals surface area contributed by atoms with Crippen LogP contribution in [0.25, 0.3) is 6.08 Å². The molecule has 35 heavy (non-hydrogen) atoms. The summed E-state index contributed by atoms with van der Waals surface area (Å²) in [7, 11) is -1.26. The Kier molecular flexibility index (Phi) is 6.33. The molecule has 1 saturated carbocycles. The van der Waals surface area contributed by atoms with Crippen LogP contribution >= 0.6 is 0 Å². The normalized spacial score (nSPS) is 22.7. The molecule has 0 amide bonds. The van der Waals surface area contributed by atoms with E-state index < -0.39 is 24.4 Å². The fourth-order valence-corrected chi connectivity index (χ4v) is 5.09. The van der Waals surface area contributed by atoms with Crippen LogP contribution in [-0.4, -0.2) is 65.0 Å². The summed E-state index contributed by atoms with van der Waals surface area (Å²) >= 11 is 0. The number of nitrogens with zero attached hydrogens (tertiary/aromatic N) is 1. The molecule has 2 aromatic carbocycles. The summed E-state index contributed by atoms with van der Waals surface area (Å²) < 4.78 is 19.8. The molecule has 2 atom stereocenters. The third kappa shape index (κ3) is 5.08. The predicted octanol–water partition coefficient (Wildman–Crippen LogP) is 2.68. The molecule has 5 rings (SSSR count). The molecule has 1 saturated heterocycles. The largest absolute Gasteiger partial charge is 0.492 e. The van der Waals surface area contributed by atoms with Gasteiger partial charge in [-0.2, -0.15) is 0 Å². The molecule has 184 valence electrons. The SMILES string of the molecule is CC1(O)CCN(C/C=C\c2cc(F)ccc2B(O)Nc2ccc3c(c2C(=O)O)OC[C@@H]2C[C@H]32)CC1. The van der Waals surface area contributed by atoms with Crippen LogP contribution < -0.4 is 15.4 Å². The number of aliphatic hydroxyl groups is 1. The topological polar surface area (TPSA) is 102 Å². The highest BCUT2D eigenvalue weighted by Gasteiger charge is 2.45. The summed E-state index contributed by atoms with van der Waals surface area (Å²) in [5.74, 6) is -0.388. The lowest BCUT2D eigenvalue weighted by molar-refractivity contribution is -0.00242. The van der Waals surface area contributed by atoms with E-state index in [4.69, 9.17) is 4.74 Å². The molecule has 0 radical (unpaired) electrons. The van der Waals surface area contributed by atoms with Gasteiger partial charge < -0.3 is 25.2 Å². The molecule has 2 aliphatic heterocycles. The minimum absolute atomic E-state index is 0.00656. The van der Waals surface area contributed by atoms with Crippen molar-refractivity contribution >= 4 is 30.2 Å². The highest BCUT2D eigenvalue weighted by molar-refractivity contribution is 6.70. The summed E-state index contributed by atoms with van der Waals surface area (Å²) in [6.45, 7) is 4.55. The van der Waals surface area contributed by atoms with Crippen LogP contribution in [0.15, 0.2) is 36.4 Å². The van der Waals surface area contributed by atoms with Crippen molar-refractivity contribution in [1.29, 1.82) is 0 Å². The van der Waals surface area contributed by atoms with Crippen molar-refractivity contribution in [2.24, 2.45) is 5.92 Å². The molecule has 1 aliphatic carbocycles. The molecule has 9 heteroatoms. The maximum atomic E-state index is 14.0. The number of nitrogens with one attached hydrogen (secondary N) is 1. The second-order valence-corrected chi connectivity index (χ2v) is 10.1. The summed E-state index contributed by atoms with van der Waals surface area (Å²) in [5, 5.41) is 33.9. The number of anilines is 1. The van der Waals surface area contributed by atoms with Crippen LogP contribution in [0.5, 0.6) is 5.75 Å². The molecule has 4 N–H and O–H groups in total. The first-order valence-electron chi connectivity index (χ1n) is 12.1. The number of aromatic carboxylic acids is 1. The summed E-state index contributed by atoms with van der Waals surface area (Å²) in [4.78, 5) is 14.3. The van der Waals surface area contributed by atoms with Gasteiger partial charge in [-0.25, -0.2) is 9.18 Å². The Labute approximate surface area is 204 Å². The van der Waals surface area contributed by atoms with Gasteiger partial charge in [0.25, 0.3) is 0 Å². The van der Waals surface area contributed by atoms with E-state index in [1.54, 1.807) is 12.1 Å². The van der Waals surface area contributed by atoms with Gasteiger partial charge in [0.2, 0.25) is 0 Å². The smallest absolute Gasteiger partial charge is 0.447 e. The van der Waals surface area contributed by atoms with Crippen LogP contribution in [-0.2, 0) is 0 Å². The van der Waals surface area contributed by atoms with E-state index in [0.717, 1.165) is 25.1 Å². The van der Waals surface area contributed by atoms with E-state index in [0.29, 0.717) is 54.6 Å². The number of carboxylic acid groups (broad SMARTS) is 1. The number of hydrogen-bond acceptors (Lipinski definition) is 6. The van der Waals surface area contributed by atoms with Gasteiger partial charge >= 0.3 is 13.0 Å².